The fourth-order valence-corrected chi connectivity index (χ4v) is 2.49. The van der Waals surface area contributed by atoms with Crippen LogP contribution in [0.3, 0.4) is 0 Å². The van der Waals surface area contributed by atoms with E-state index >= 15 is 0 Å². The molecule has 0 saturated carbocycles. The van der Waals surface area contributed by atoms with Crippen molar-refractivity contribution in [3.8, 4) is 11.3 Å². The molecule has 0 aliphatic rings. The largest absolute Gasteiger partial charge is 0.350 e. The monoisotopic (exact) mass is 320 g/mol. The van der Waals surface area contributed by atoms with Crippen molar-refractivity contribution in [3.05, 3.63) is 41.0 Å². The van der Waals surface area contributed by atoms with Crippen molar-refractivity contribution in [2.75, 3.05) is 13.1 Å². The van der Waals surface area contributed by atoms with E-state index in [1.165, 1.54) is 0 Å². The number of carbonyl (C=O) groups excluding carboxylic acids is 1. The van der Waals surface area contributed by atoms with Gasteiger partial charge in [-0.05, 0) is 19.5 Å². The number of halogens is 1. The Morgan fingerprint density at radius 2 is 2.14 bits per heavy atom. The molecule has 2 N–H and O–H groups in total. The summed E-state index contributed by atoms with van der Waals surface area (Å²) < 4.78 is 1.63. The lowest BCUT2D eigenvalue weighted by Crippen LogP contribution is -2.38. The first kappa shape index (κ1) is 16.5. The molecular formula is C16H21ClN4O. The van der Waals surface area contributed by atoms with E-state index in [9.17, 15) is 4.79 Å². The first-order chi connectivity index (χ1) is 10.5. The van der Waals surface area contributed by atoms with Crippen LogP contribution in [0, 0.1) is 0 Å². The second-order valence-corrected chi connectivity index (χ2v) is 5.62. The Balaban J connectivity index is 2.22. The first-order valence-electron chi connectivity index (χ1n) is 7.33. The van der Waals surface area contributed by atoms with Gasteiger partial charge < -0.3 is 10.6 Å². The molecule has 0 spiro atoms. The van der Waals surface area contributed by atoms with Crippen molar-refractivity contribution < 1.29 is 4.79 Å². The zero-order valence-electron chi connectivity index (χ0n) is 13.1. The molecule has 1 atom stereocenters. The lowest BCUT2D eigenvalue weighted by atomic mass is 10.1. The molecule has 0 bridgehead atoms. The van der Waals surface area contributed by atoms with Crippen LogP contribution < -0.4 is 10.6 Å². The van der Waals surface area contributed by atoms with Crippen LogP contribution in [0.15, 0.2) is 30.5 Å². The minimum Gasteiger partial charge on any atom is -0.350 e. The van der Waals surface area contributed by atoms with Crippen LogP contribution in [0.25, 0.3) is 11.3 Å². The second kappa shape index (κ2) is 7.42. The number of amides is 1. The summed E-state index contributed by atoms with van der Waals surface area (Å²) >= 11 is 6.22. The van der Waals surface area contributed by atoms with Gasteiger partial charge in [-0.25, -0.2) is 0 Å². The van der Waals surface area contributed by atoms with E-state index in [1.807, 2.05) is 32.0 Å². The molecule has 0 radical (unpaired) electrons. The van der Waals surface area contributed by atoms with Gasteiger partial charge in [0.2, 0.25) is 0 Å². The summed E-state index contributed by atoms with van der Waals surface area (Å²) in [5.74, 6) is -0.146. The molecule has 0 unspecified atom stereocenters. The fourth-order valence-electron chi connectivity index (χ4n) is 2.27. The Labute approximate surface area is 135 Å². The third kappa shape index (κ3) is 3.87. The van der Waals surface area contributed by atoms with Gasteiger partial charge >= 0.3 is 0 Å². The first-order valence-corrected chi connectivity index (χ1v) is 7.70. The Hall–Kier alpha value is -1.85. The third-order valence-electron chi connectivity index (χ3n) is 3.32. The van der Waals surface area contributed by atoms with Crippen LogP contribution in [0.1, 0.15) is 24.2 Å². The van der Waals surface area contributed by atoms with Crippen LogP contribution in [-0.4, -0.2) is 34.8 Å². The smallest absolute Gasteiger partial charge is 0.255 e. The van der Waals surface area contributed by atoms with Gasteiger partial charge in [-0.1, -0.05) is 36.7 Å². The van der Waals surface area contributed by atoms with Crippen LogP contribution in [0.5, 0.6) is 0 Å². The Kier molecular flexibility index (Phi) is 5.57. The third-order valence-corrected chi connectivity index (χ3v) is 3.65. The van der Waals surface area contributed by atoms with Gasteiger partial charge in [0.25, 0.3) is 5.91 Å². The summed E-state index contributed by atoms with van der Waals surface area (Å²) in [7, 11) is 1.79. The number of nitrogens with zero attached hydrogens (tertiary/aromatic N) is 2. The summed E-state index contributed by atoms with van der Waals surface area (Å²) in [6, 6.07) is 7.61. The molecule has 1 aromatic heterocycles. The molecule has 0 fully saturated rings. The average Bonchev–Trinajstić information content (AvgIpc) is 2.87. The fraction of sp³-hybridized carbons (Fsp3) is 0.375. The SMILES string of the molecule is CCN[C@H](C)CNC(=O)c1cn(C)nc1-c1ccccc1Cl. The number of aryl methyl sites for hydroxylation is 1. The van der Waals surface area contributed by atoms with Crippen LogP contribution in [0.2, 0.25) is 5.02 Å². The molecule has 22 heavy (non-hydrogen) atoms. The van der Waals surface area contributed by atoms with E-state index in [2.05, 4.69) is 15.7 Å². The molecule has 5 nitrogen and oxygen atoms in total. The normalized spacial score (nSPS) is 12.2. The highest BCUT2D eigenvalue weighted by molar-refractivity contribution is 6.33. The molecule has 1 heterocycles. The summed E-state index contributed by atoms with van der Waals surface area (Å²) in [5, 5.41) is 11.1. The molecule has 2 aromatic rings. The van der Waals surface area contributed by atoms with Gasteiger partial charge in [0.1, 0.15) is 5.69 Å². The maximum Gasteiger partial charge on any atom is 0.255 e. The molecule has 0 aliphatic heterocycles. The van der Waals surface area contributed by atoms with E-state index in [-0.39, 0.29) is 11.9 Å². The Bertz CT molecular complexity index is 653. The number of likely N-dealkylation sites (N-methyl/N-ethyl adjacent to an activating group) is 1. The van der Waals surface area contributed by atoms with Gasteiger partial charge in [0.05, 0.1) is 10.6 Å². The van der Waals surface area contributed by atoms with Crippen molar-refractivity contribution in [1.82, 2.24) is 20.4 Å². The lowest BCUT2D eigenvalue weighted by Gasteiger charge is -2.13. The Morgan fingerprint density at radius 1 is 1.41 bits per heavy atom. The van der Waals surface area contributed by atoms with Crippen LogP contribution >= 0.6 is 11.6 Å². The predicted molar refractivity (Wildman–Crippen MR) is 89.1 cm³/mol. The average molecular weight is 321 g/mol. The number of aromatic nitrogens is 2. The van der Waals surface area contributed by atoms with E-state index in [1.54, 1.807) is 24.0 Å². The second-order valence-electron chi connectivity index (χ2n) is 5.21. The van der Waals surface area contributed by atoms with E-state index in [0.29, 0.717) is 22.8 Å². The molecule has 1 aromatic carbocycles. The van der Waals surface area contributed by atoms with Gasteiger partial charge in [-0.3, -0.25) is 9.48 Å². The zero-order valence-corrected chi connectivity index (χ0v) is 13.8. The van der Waals surface area contributed by atoms with E-state index < -0.39 is 0 Å². The minimum atomic E-state index is -0.146. The number of rotatable bonds is 6. The lowest BCUT2D eigenvalue weighted by molar-refractivity contribution is 0.0951. The number of carbonyl (C=O) groups is 1. The number of benzene rings is 1. The molecule has 6 heteroatoms. The zero-order chi connectivity index (χ0) is 16.1. The maximum atomic E-state index is 12.4. The molecule has 118 valence electrons. The van der Waals surface area contributed by atoms with E-state index in [0.717, 1.165) is 12.1 Å². The highest BCUT2D eigenvalue weighted by Gasteiger charge is 2.19. The maximum absolute atomic E-state index is 12.4. The standard InChI is InChI=1S/C16H21ClN4O/c1-4-18-11(2)9-19-16(22)13-10-21(3)20-15(13)12-7-5-6-8-14(12)17/h5-8,10-11,18H,4,9H2,1-3H3,(H,19,22)/t11-/m1/s1. The van der Waals surface area contributed by atoms with Gasteiger partial charge in [0, 0.05) is 31.4 Å². The summed E-state index contributed by atoms with van der Waals surface area (Å²) in [6.45, 7) is 5.50. The number of hydrogen-bond donors (Lipinski definition) is 2. The number of nitrogens with one attached hydrogen (secondary N) is 2. The molecule has 0 saturated heterocycles. The van der Waals surface area contributed by atoms with Gasteiger partial charge in [-0.2, -0.15) is 5.10 Å². The van der Waals surface area contributed by atoms with Gasteiger partial charge in [-0.15, -0.1) is 0 Å². The van der Waals surface area contributed by atoms with Crippen molar-refractivity contribution in [2.24, 2.45) is 7.05 Å². The summed E-state index contributed by atoms with van der Waals surface area (Å²) in [5.41, 5.74) is 1.88. The summed E-state index contributed by atoms with van der Waals surface area (Å²) in [6.07, 6.45) is 1.71. The molecule has 1 amide bonds. The van der Waals surface area contributed by atoms with Crippen molar-refractivity contribution >= 4 is 17.5 Å². The predicted octanol–water partition coefficient (Wildman–Crippen LogP) is 2.47. The van der Waals surface area contributed by atoms with Crippen molar-refractivity contribution in [3.63, 3.8) is 0 Å². The Morgan fingerprint density at radius 3 is 2.82 bits per heavy atom. The molecule has 0 aliphatic carbocycles. The number of hydrogen-bond acceptors (Lipinski definition) is 3. The van der Waals surface area contributed by atoms with Crippen molar-refractivity contribution in [1.29, 1.82) is 0 Å². The minimum absolute atomic E-state index is 0.146. The van der Waals surface area contributed by atoms with Crippen LogP contribution in [-0.2, 0) is 7.05 Å². The highest BCUT2D eigenvalue weighted by Crippen LogP contribution is 2.28. The quantitative estimate of drug-likeness (QED) is 0.859. The van der Waals surface area contributed by atoms with Gasteiger partial charge in [0.15, 0.2) is 0 Å². The molecular weight excluding hydrogens is 300 g/mol. The van der Waals surface area contributed by atoms with E-state index in [4.69, 9.17) is 11.6 Å². The topological polar surface area (TPSA) is 58.9 Å². The summed E-state index contributed by atoms with van der Waals surface area (Å²) in [4.78, 5) is 12.4. The highest BCUT2D eigenvalue weighted by atomic mass is 35.5. The molecule has 2 rings (SSSR count). The van der Waals surface area contributed by atoms with Crippen LogP contribution in [0.4, 0.5) is 0 Å². The van der Waals surface area contributed by atoms with Crippen molar-refractivity contribution in [2.45, 2.75) is 19.9 Å².